The molecule has 27 heavy (non-hydrogen) atoms. The lowest BCUT2D eigenvalue weighted by Crippen LogP contribution is -2.19. The first kappa shape index (κ1) is 17.9. The van der Waals surface area contributed by atoms with Gasteiger partial charge in [-0.3, -0.25) is 9.36 Å². The highest BCUT2D eigenvalue weighted by molar-refractivity contribution is 7.98. The topological polar surface area (TPSA) is 73.8 Å². The molecule has 0 aliphatic rings. The predicted molar refractivity (Wildman–Crippen MR) is 108 cm³/mol. The molecular formula is C19H18N4O2S2. The molecular weight excluding hydrogens is 380 g/mol. The highest BCUT2D eigenvalue weighted by Crippen LogP contribution is 2.33. The van der Waals surface area contributed by atoms with Crippen molar-refractivity contribution in [3.8, 4) is 11.1 Å². The van der Waals surface area contributed by atoms with Crippen LogP contribution in [0.4, 0.5) is 0 Å². The standard InChI is InChI=1S/C19H18N4O2S2/c1-10-5-6-13(7-11(10)2)14-8-26-17-16(14)18(24)23(4)19(21-17)27-9-15-20-12(3)22-25-15/h5-8H,9H2,1-4H3. The molecule has 3 heterocycles. The molecule has 4 rings (SSSR count). The van der Waals surface area contributed by atoms with Crippen LogP contribution in [0.1, 0.15) is 22.8 Å². The highest BCUT2D eigenvalue weighted by atomic mass is 32.2. The van der Waals surface area contributed by atoms with Crippen molar-refractivity contribution in [3.63, 3.8) is 0 Å². The number of aromatic nitrogens is 4. The van der Waals surface area contributed by atoms with E-state index in [-0.39, 0.29) is 5.56 Å². The molecule has 4 aromatic rings. The number of hydrogen-bond acceptors (Lipinski definition) is 7. The van der Waals surface area contributed by atoms with Gasteiger partial charge in [-0.2, -0.15) is 4.98 Å². The number of thiophene rings is 1. The quantitative estimate of drug-likeness (QED) is 0.378. The molecule has 8 heteroatoms. The third-order valence-electron chi connectivity index (χ3n) is 4.49. The molecule has 1 aromatic carbocycles. The Bertz CT molecular complexity index is 1210. The van der Waals surface area contributed by atoms with Gasteiger partial charge < -0.3 is 4.52 Å². The molecule has 0 amide bonds. The molecule has 0 aliphatic carbocycles. The molecule has 138 valence electrons. The van der Waals surface area contributed by atoms with Crippen LogP contribution >= 0.6 is 23.1 Å². The van der Waals surface area contributed by atoms with E-state index >= 15 is 0 Å². The molecule has 6 nitrogen and oxygen atoms in total. The van der Waals surface area contributed by atoms with Crippen LogP contribution in [0.25, 0.3) is 21.3 Å². The summed E-state index contributed by atoms with van der Waals surface area (Å²) >= 11 is 2.91. The lowest BCUT2D eigenvalue weighted by atomic mass is 10.0. The van der Waals surface area contributed by atoms with E-state index in [9.17, 15) is 4.79 Å². The Labute approximate surface area is 164 Å². The number of benzene rings is 1. The molecule has 3 aromatic heterocycles. The fraction of sp³-hybridized carbons (Fsp3) is 0.263. The summed E-state index contributed by atoms with van der Waals surface area (Å²) in [5.74, 6) is 1.59. The molecule has 0 fully saturated rings. The van der Waals surface area contributed by atoms with E-state index in [0.29, 0.717) is 28.0 Å². The van der Waals surface area contributed by atoms with Gasteiger partial charge in [0.2, 0.25) is 5.89 Å². The first-order valence-corrected chi connectivity index (χ1v) is 10.3. The average molecular weight is 399 g/mol. The third kappa shape index (κ3) is 3.30. The van der Waals surface area contributed by atoms with Crippen molar-refractivity contribution in [2.75, 3.05) is 0 Å². The van der Waals surface area contributed by atoms with Gasteiger partial charge in [-0.25, -0.2) is 4.98 Å². The van der Waals surface area contributed by atoms with Crippen LogP contribution in [0.3, 0.4) is 0 Å². The molecule has 0 N–H and O–H groups in total. The number of rotatable bonds is 4. The first-order chi connectivity index (χ1) is 12.9. The van der Waals surface area contributed by atoms with Crippen LogP contribution < -0.4 is 5.56 Å². The van der Waals surface area contributed by atoms with Gasteiger partial charge in [0.1, 0.15) is 4.83 Å². The van der Waals surface area contributed by atoms with E-state index in [1.165, 1.54) is 34.2 Å². The van der Waals surface area contributed by atoms with Gasteiger partial charge in [0.15, 0.2) is 11.0 Å². The number of thioether (sulfide) groups is 1. The minimum atomic E-state index is -0.0429. The Kier molecular flexibility index (Phi) is 4.61. The SMILES string of the molecule is Cc1noc(CSc2nc3scc(-c4ccc(C)c(C)c4)c3c(=O)n2C)n1. The Balaban J connectivity index is 1.74. The maximum Gasteiger partial charge on any atom is 0.263 e. The second kappa shape index (κ2) is 6.94. The molecule has 0 saturated carbocycles. The maximum absolute atomic E-state index is 13.0. The Morgan fingerprint density at radius 2 is 2.00 bits per heavy atom. The largest absolute Gasteiger partial charge is 0.338 e. The van der Waals surface area contributed by atoms with Gasteiger partial charge in [0.25, 0.3) is 5.56 Å². The van der Waals surface area contributed by atoms with Crippen molar-refractivity contribution in [2.45, 2.75) is 31.7 Å². The zero-order valence-corrected chi connectivity index (χ0v) is 17.1. The number of aryl methyl sites for hydroxylation is 3. The summed E-state index contributed by atoms with van der Waals surface area (Å²) in [6.45, 7) is 5.94. The summed E-state index contributed by atoms with van der Waals surface area (Å²) in [6.07, 6.45) is 0. The number of fused-ring (bicyclic) bond motifs is 1. The van der Waals surface area contributed by atoms with Crippen molar-refractivity contribution in [3.05, 3.63) is 56.8 Å². The van der Waals surface area contributed by atoms with E-state index in [4.69, 9.17) is 9.51 Å². The zero-order chi connectivity index (χ0) is 19.1. The Morgan fingerprint density at radius 1 is 1.19 bits per heavy atom. The molecule has 0 radical (unpaired) electrons. The van der Waals surface area contributed by atoms with E-state index < -0.39 is 0 Å². The van der Waals surface area contributed by atoms with Gasteiger partial charge in [-0.1, -0.05) is 35.1 Å². The summed E-state index contributed by atoms with van der Waals surface area (Å²) in [6, 6.07) is 6.27. The van der Waals surface area contributed by atoms with Gasteiger partial charge >= 0.3 is 0 Å². The van der Waals surface area contributed by atoms with E-state index in [1.807, 2.05) is 5.38 Å². The normalized spacial score (nSPS) is 11.4. The van der Waals surface area contributed by atoms with Crippen molar-refractivity contribution < 1.29 is 4.52 Å². The smallest absolute Gasteiger partial charge is 0.263 e. The summed E-state index contributed by atoms with van der Waals surface area (Å²) in [5, 5.41) is 7.10. The maximum atomic E-state index is 13.0. The fourth-order valence-corrected chi connectivity index (χ4v) is 4.63. The minimum Gasteiger partial charge on any atom is -0.338 e. The van der Waals surface area contributed by atoms with Crippen LogP contribution in [0, 0.1) is 20.8 Å². The van der Waals surface area contributed by atoms with Crippen LogP contribution in [0.5, 0.6) is 0 Å². The second-order valence-corrected chi connectivity index (χ2v) is 8.21. The van der Waals surface area contributed by atoms with Crippen LogP contribution in [-0.4, -0.2) is 19.7 Å². The summed E-state index contributed by atoms with van der Waals surface area (Å²) < 4.78 is 6.72. The van der Waals surface area contributed by atoms with Gasteiger partial charge in [0, 0.05) is 18.0 Å². The monoisotopic (exact) mass is 398 g/mol. The predicted octanol–water partition coefficient (Wildman–Crippen LogP) is 4.26. The minimum absolute atomic E-state index is 0.0429. The zero-order valence-electron chi connectivity index (χ0n) is 15.4. The van der Waals surface area contributed by atoms with Gasteiger partial charge in [0.05, 0.1) is 11.1 Å². The third-order valence-corrected chi connectivity index (χ3v) is 6.37. The summed E-state index contributed by atoms with van der Waals surface area (Å²) in [4.78, 5) is 22.7. The van der Waals surface area contributed by atoms with Crippen LogP contribution in [-0.2, 0) is 12.8 Å². The van der Waals surface area contributed by atoms with Crippen molar-refractivity contribution >= 4 is 33.3 Å². The van der Waals surface area contributed by atoms with Crippen molar-refractivity contribution in [2.24, 2.45) is 7.05 Å². The molecule has 0 unspecified atom stereocenters. The average Bonchev–Trinajstić information content (AvgIpc) is 3.25. The number of hydrogen-bond donors (Lipinski definition) is 0. The van der Waals surface area contributed by atoms with E-state index in [2.05, 4.69) is 42.2 Å². The fourth-order valence-electron chi connectivity index (χ4n) is 2.83. The number of nitrogens with zero attached hydrogens (tertiary/aromatic N) is 4. The Hall–Kier alpha value is -2.45. The summed E-state index contributed by atoms with van der Waals surface area (Å²) in [7, 11) is 1.75. The molecule has 0 atom stereocenters. The van der Waals surface area contributed by atoms with Crippen molar-refractivity contribution in [1.29, 1.82) is 0 Å². The molecule has 0 aliphatic heterocycles. The second-order valence-electron chi connectivity index (χ2n) is 6.41. The van der Waals surface area contributed by atoms with E-state index in [1.54, 1.807) is 18.5 Å². The van der Waals surface area contributed by atoms with Crippen LogP contribution in [0.2, 0.25) is 0 Å². The van der Waals surface area contributed by atoms with Gasteiger partial charge in [-0.15, -0.1) is 11.3 Å². The Morgan fingerprint density at radius 3 is 2.70 bits per heavy atom. The van der Waals surface area contributed by atoms with E-state index in [0.717, 1.165) is 16.0 Å². The lowest BCUT2D eigenvalue weighted by Gasteiger charge is -2.08. The van der Waals surface area contributed by atoms with Crippen LogP contribution in [0.15, 0.2) is 38.1 Å². The highest BCUT2D eigenvalue weighted by Gasteiger charge is 2.17. The lowest BCUT2D eigenvalue weighted by molar-refractivity contribution is 0.387. The first-order valence-electron chi connectivity index (χ1n) is 8.42. The molecule has 0 bridgehead atoms. The van der Waals surface area contributed by atoms with Crippen molar-refractivity contribution in [1.82, 2.24) is 19.7 Å². The summed E-state index contributed by atoms with van der Waals surface area (Å²) in [5.41, 5.74) is 4.39. The molecule has 0 saturated heterocycles. The molecule has 0 spiro atoms. The van der Waals surface area contributed by atoms with Gasteiger partial charge in [-0.05, 0) is 37.5 Å².